The van der Waals surface area contributed by atoms with Crippen molar-refractivity contribution >= 4 is 6.29 Å². The van der Waals surface area contributed by atoms with Crippen molar-refractivity contribution < 1.29 is 4.79 Å². The van der Waals surface area contributed by atoms with E-state index in [1.54, 1.807) is 0 Å². The summed E-state index contributed by atoms with van der Waals surface area (Å²) < 4.78 is 0. The van der Waals surface area contributed by atoms with E-state index >= 15 is 0 Å². The standard InChI is InChI=1S/C10H17NO/c1-3-11(4-2)9-7-5-6-8-10-12/h10H,3-4,6,8-9H2,1-2H3. The number of unbranched alkanes of at least 4 members (excludes halogenated alkanes) is 1. The molecule has 0 aromatic heterocycles. The van der Waals surface area contributed by atoms with E-state index < -0.39 is 0 Å². The molecule has 0 rings (SSSR count). The highest BCUT2D eigenvalue weighted by molar-refractivity contribution is 5.49. The molecule has 0 atom stereocenters. The van der Waals surface area contributed by atoms with Gasteiger partial charge >= 0.3 is 0 Å². The molecule has 0 unspecified atom stereocenters. The highest BCUT2D eigenvalue weighted by Gasteiger charge is 1.92. The average Bonchev–Trinajstić information content (AvgIpc) is 2.11. The second-order valence-corrected chi connectivity index (χ2v) is 2.52. The number of aldehydes is 1. The zero-order valence-corrected chi connectivity index (χ0v) is 7.97. The Balaban J connectivity index is 3.46. The van der Waals surface area contributed by atoms with Crippen LogP contribution in [0.1, 0.15) is 26.7 Å². The zero-order valence-electron chi connectivity index (χ0n) is 7.97. The largest absolute Gasteiger partial charge is 0.303 e. The van der Waals surface area contributed by atoms with Gasteiger partial charge in [-0.15, -0.1) is 5.92 Å². The first-order valence-electron chi connectivity index (χ1n) is 4.46. The fourth-order valence-corrected chi connectivity index (χ4v) is 0.834. The van der Waals surface area contributed by atoms with Crippen LogP contribution in [0.5, 0.6) is 0 Å². The molecule has 0 spiro atoms. The summed E-state index contributed by atoms with van der Waals surface area (Å²) in [5.41, 5.74) is 0. The molecule has 0 aliphatic heterocycles. The summed E-state index contributed by atoms with van der Waals surface area (Å²) in [5.74, 6) is 6.00. The Labute approximate surface area is 74.9 Å². The highest BCUT2D eigenvalue weighted by Crippen LogP contribution is 1.85. The molecule has 68 valence electrons. The van der Waals surface area contributed by atoms with Crippen LogP contribution < -0.4 is 0 Å². The van der Waals surface area contributed by atoms with Crippen molar-refractivity contribution in [3.63, 3.8) is 0 Å². The predicted molar refractivity (Wildman–Crippen MR) is 50.9 cm³/mol. The van der Waals surface area contributed by atoms with Crippen LogP contribution in [0.3, 0.4) is 0 Å². The normalized spacial score (nSPS) is 9.25. The number of carbonyl (C=O) groups excluding carboxylic acids is 1. The van der Waals surface area contributed by atoms with Crippen molar-refractivity contribution in [1.29, 1.82) is 0 Å². The topological polar surface area (TPSA) is 20.3 Å². The third kappa shape index (κ3) is 5.94. The van der Waals surface area contributed by atoms with E-state index in [2.05, 4.69) is 30.6 Å². The molecule has 0 radical (unpaired) electrons. The molecule has 0 aromatic carbocycles. The minimum atomic E-state index is 0.561. The zero-order chi connectivity index (χ0) is 9.23. The van der Waals surface area contributed by atoms with E-state index in [0.29, 0.717) is 12.8 Å². The van der Waals surface area contributed by atoms with E-state index in [1.807, 2.05) is 0 Å². The van der Waals surface area contributed by atoms with E-state index in [9.17, 15) is 4.79 Å². The molecule has 0 bridgehead atoms. The average molecular weight is 167 g/mol. The molecule has 2 heteroatoms. The summed E-state index contributed by atoms with van der Waals surface area (Å²) in [4.78, 5) is 12.2. The minimum absolute atomic E-state index is 0.561. The fraction of sp³-hybridized carbons (Fsp3) is 0.700. The van der Waals surface area contributed by atoms with Crippen LogP contribution in [0.15, 0.2) is 0 Å². The molecule has 0 aromatic rings. The van der Waals surface area contributed by atoms with Crippen molar-refractivity contribution in [2.24, 2.45) is 0 Å². The Morgan fingerprint density at radius 2 is 1.92 bits per heavy atom. The van der Waals surface area contributed by atoms with Crippen molar-refractivity contribution in [3.05, 3.63) is 0 Å². The molecule has 0 aliphatic rings. The number of nitrogens with zero attached hydrogens (tertiary/aromatic N) is 1. The van der Waals surface area contributed by atoms with E-state index in [0.717, 1.165) is 25.9 Å². The van der Waals surface area contributed by atoms with Gasteiger partial charge in [-0.25, -0.2) is 0 Å². The van der Waals surface area contributed by atoms with Crippen LogP contribution in [-0.4, -0.2) is 30.8 Å². The quantitative estimate of drug-likeness (QED) is 0.349. The van der Waals surface area contributed by atoms with Gasteiger partial charge in [-0.2, -0.15) is 0 Å². The number of carbonyl (C=O) groups is 1. The van der Waals surface area contributed by atoms with Crippen LogP contribution in [-0.2, 0) is 4.79 Å². The number of rotatable bonds is 5. The van der Waals surface area contributed by atoms with Gasteiger partial charge in [-0.05, 0) is 13.1 Å². The lowest BCUT2D eigenvalue weighted by Crippen LogP contribution is -2.22. The summed E-state index contributed by atoms with van der Waals surface area (Å²) in [6.07, 6.45) is 2.17. The summed E-state index contributed by atoms with van der Waals surface area (Å²) >= 11 is 0. The summed E-state index contributed by atoms with van der Waals surface area (Å²) in [7, 11) is 0. The molecule has 0 heterocycles. The first kappa shape index (κ1) is 11.2. The Hall–Kier alpha value is -0.810. The Kier molecular flexibility index (Phi) is 7.73. The van der Waals surface area contributed by atoms with E-state index in [-0.39, 0.29) is 0 Å². The molecule has 0 fully saturated rings. The van der Waals surface area contributed by atoms with Crippen molar-refractivity contribution in [2.75, 3.05) is 19.6 Å². The lowest BCUT2D eigenvalue weighted by Gasteiger charge is -2.13. The van der Waals surface area contributed by atoms with Crippen LogP contribution in [0.25, 0.3) is 0 Å². The molecule has 0 saturated heterocycles. The maximum absolute atomic E-state index is 9.94. The minimum Gasteiger partial charge on any atom is -0.303 e. The van der Waals surface area contributed by atoms with Crippen molar-refractivity contribution in [1.82, 2.24) is 4.90 Å². The Bertz CT molecular complexity index is 162. The molecule has 0 amide bonds. The van der Waals surface area contributed by atoms with Gasteiger partial charge in [-0.3, -0.25) is 4.90 Å². The number of hydrogen-bond donors (Lipinski definition) is 0. The summed E-state index contributed by atoms with van der Waals surface area (Å²) in [6.45, 7) is 7.15. The maximum atomic E-state index is 9.94. The smallest absolute Gasteiger partial charge is 0.120 e. The molecule has 0 N–H and O–H groups in total. The van der Waals surface area contributed by atoms with Crippen LogP contribution in [0.2, 0.25) is 0 Å². The fourth-order valence-electron chi connectivity index (χ4n) is 0.834. The first-order chi connectivity index (χ1) is 5.85. The maximum Gasteiger partial charge on any atom is 0.120 e. The van der Waals surface area contributed by atoms with Crippen LogP contribution in [0.4, 0.5) is 0 Å². The van der Waals surface area contributed by atoms with Gasteiger partial charge in [0.25, 0.3) is 0 Å². The van der Waals surface area contributed by atoms with Crippen molar-refractivity contribution in [3.8, 4) is 11.8 Å². The number of hydrogen-bond acceptors (Lipinski definition) is 2. The third-order valence-electron chi connectivity index (χ3n) is 1.71. The third-order valence-corrected chi connectivity index (χ3v) is 1.71. The molecular formula is C10H17NO. The van der Waals surface area contributed by atoms with Crippen molar-refractivity contribution in [2.45, 2.75) is 26.7 Å². The summed E-state index contributed by atoms with van der Waals surface area (Å²) in [6, 6.07) is 0. The lowest BCUT2D eigenvalue weighted by molar-refractivity contribution is -0.107. The van der Waals surface area contributed by atoms with E-state index in [1.165, 1.54) is 0 Å². The lowest BCUT2D eigenvalue weighted by atomic mass is 10.3. The highest BCUT2D eigenvalue weighted by atomic mass is 16.1. The molecule has 0 aliphatic carbocycles. The Morgan fingerprint density at radius 1 is 1.25 bits per heavy atom. The van der Waals surface area contributed by atoms with Crippen LogP contribution >= 0.6 is 0 Å². The van der Waals surface area contributed by atoms with Gasteiger partial charge in [0.1, 0.15) is 6.29 Å². The second-order valence-electron chi connectivity index (χ2n) is 2.52. The molecular weight excluding hydrogens is 150 g/mol. The monoisotopic (exact) mass is 167 g/mol. The van der Waals surface area contributed by atoms with Gasteiger partial charge in [0.15, 0.2) is 0 Å². The SMILES string of the molecule is CCN(CC)CC#CCCC=O. The molecule has 12 heavy (non-hydrogen) atoms. The molecule has 2 nitrogen and oxygen atoms in total. The summed E-state index contributed by atoms with van der Waals surface area (Å²) in [5, 5.41) is 0. The Morgan fingerprint density at radius 3 is 2.42 bits per heavy atom. The van der Waals surface area contributed by atoms with Gasteiger partial charge in [0, 0.05) is 12.8 Å². The predicted octanol–water partition coefficient (Wildman–Crippen LogP) is 1.31. The van der Waals surface area contributed by atoms with Gasteiger partial charge in [-0.1, -0.05) is 19.8 Å². The van der Waals surface area contributed by atoms with Crippen LogP contribution in [0, 0.1) is 11.8 Å². The van der Waals surface area contributed by atoms with Gasteiger partial charge < -0.3 is 4.79 Å². The first-order valence-corrected chi connectivity index (χ1v) is 4.46. The molecule has 0 saturated carbocycles. The van der Waals surface area contributed by atoms with Gasteiger partial charge in [0.2, 0.25) is 0 Å². The van der Waals surface area contributed by atoms with Gasteiger partial charge in [0.05, 0.1) is 6.54 Å². The van der Waals surface area contributed by atoms with E-state index in [4.69, 9.17) is 0 Å². The second kappa shape index (κ2) is 8.29.